The molecule has 0 unspecified atom stereocenters. The van der Waals surface area contributed by atoms with Gasteiger partial charge in [0.25, 0.3) is 0 Å². The number of benzene rings is 3. The van der Waals surface area contributed by atoms with Gasteiger partial charge in [0, 0.05) is 11.3 Å². The molecule has 0 atom stereocenters. The molecule has 2 heteroatoms. The minimum absolute atomic E-state index is 0.217. The van der Waals surface area contributed by atoms with Crippen molar-refractivity contribution in [2.75, 3.05) is 0 Å². The summed E-state index contributed by atoms with van der Waals surface area (Å²) in [5.41, 5.74) is 6.76. The van der Waals surface area contributed by atoms with Gasteiger partial charge in [-0.3, -0.25) is 0 Å². The molecule has 1 N–H and O–H groups in total. The molecule has 0 saturated heterocycles. The molecule has 0 bridgehead atoms. The van der Waals surface area contributed by atoms with Crippen LogP contribution >= 0.6 is 0 Å². The van der Waals surface area contributed by atoms with E-state index in [1.807, 2.05) is 24.3 Å². The molecule has 1 aliphatic carbocycles. The first-order valence-electron chi connectivity index (χ1n) is 8.76. The number of phenols is 1. The second-order valence-corrected chi connectivity index (χ2v) is 6.60. The molecule has 26 heavy (non-hydrogen) atoms. The molecule has 0 amide bonds. The molecular weight excluding hydrogens is 318 g/mol. The highest BCUT2D eigenvalue weighted by atomic mass is 16.3. The third-order valence-electron chi connectivity index (χ3n) is 5.06. The first kappa shape index (κ1) is 14.9. The Bertz CT molecular complexity index is 1110. The van der Waals surface area contributed by atoms with Gasteiger partial charge in [-0.05, 0) is 40.5 Å². The van der Waals surface area contributed by atoms with Crippen LogP contribution in [0.4, 0.5) is 0 Å². The van der Waals surface area contributed by atoms with Crippen LogP contribution in [0, 0.1) is 0 Å². The largest absolute Gasteiger partial charge is 0.506 e. The summed E-state index contributed by atoms with van der Waals surface area (Å²) in [6, 6.07) is 26.6. The zero-order chi connectivity index (χ0) is 17.5. The Morgan fingerprint density at radius 3 is 2.15 bits per heavy atom. The number of allylic oxidation sites excluding steroid dienone is 1. The fourth-order valence-electron chi connectivity index (χ4n) is 3.84. The van der Waals surface area contributed by atoms with Crippen LogP contribution in [-0.2, 0) is 0 Å². The lowest BCUT2D eigenvalue weighted by Gasteiger charge is -2.08. The van der Waals surface area contributed by atoms with Crippen LogP contribution in [0.15, 0.2) is 84.9 Å². The zero-order valence-electron chi connectivity index (χ0n) is 14.1. The highest BCUT2D eigenvalue weighted by Gasteiger charge is 2.25. The van der Waals surface area contributed by atoms with Crippen molar-refractivity contribution in [2.45, 2.75) is 5.92 Å². The Balaban J connectivity index is 1.58. The van der Waals surface area contributed by atoms with E-state index >= 15 is 0 Å². The number of rotatable bonds is 2. The van der Waals surface area contributed by atoms with Gasteiger partial charge in [0.15, 0.2) is 0 Å². The number of phenolic OH excluding ortho intramolecular Hbond substituents is 1. The van der Waals surface area contributed by atoms with Crippen LogP contribution in [0.25, 0.3) is 28.1 Å². The molecule has 5 rings (SSSR count). The molecule has 3 aromatic carbocycles. The molecule has 1 aromatic heterocycles. The number of fused-ring (bicyclic) bond motifs is 4. The average molecular weight is 335 g/mol. The Morgan fingerprint density at radius 2 is 1.42 bits per heavy atom. The van der Waals surface area contributed by atoms with E-state index in [0.717, 1.165) is 11.1 Å². The predicted molar refractivity (Wildman–Crippen MR) is 106 cm³/mol. The lowest BCUT2D eigenvalue weighted by atomic mass is 9.96. The standard InChI is InChI=1S/C24H17NO/c26-23-11-5-6-16-12-13-17(25-24(16)23)14-15-22-20-9-3-1-7-18(20)19-8-2-4-10-21(19)22/h1-15,22,26H. The molecule has 1 heterocycles. The third kappa shape index (κ3) is 2.31. The summed E-state index contributed by atoms with van der Waals surface area (Å²) in [5, 5.41) is 11.0. The maximum Gasteiger partial charge on any atom is 0.141 e. The molecule has 124 valence electrons. The van der Waals surface area contributed by atoms with Crippen molar-refractivity contribution in [1.82, 2.24) is 4.98 Å². The SMILES string of the molecule is Oc1cccc2ccc(C=CC3c4ccccc4-c4ccccc43)nc12. The fourth-order valence-corrected chi connectivity index (χ4v) is 3.84. The number of para-hydroxylation sites is 1. The van der Waals surface area contributed by atoms with Crippen molar-refractivity contribution in [3.63, 3.8) is 0 Å². The topological polar surface area (TPSA) is 33.1 Å². The first-order valence-corrected chi connectivity index (χ1v) is 8.76. The number of aromatic nitrogens is 1. The average Bonchev–Trinajstić information content (AvgIpc) is 3.01. The van der Waals surface area contributed by atoms with Gasteiger partial charge in [-0.15, -0.1) is 0 Å². The monoisotopic (exact) mass is 335 g/mol. The Morgan fingerprint density at radius 1 is 0.731 bits per heavy atom. The quantitative estimate of drug-likeness (QED) is 0.505. The van der Waals surface area contributed by atoms with E-state index in [4.69, 9.17) is 0 Å². The van der Waals surface area contributed by atoms with Crippen molar-refractivity contribution in [1.29, 1.82) is 0 Å². The fraction of sp³-hybridized carbons (Fsp3) is 0.0417. The highest BCUT2D eigenvalue weighted by molar-refractivity contribution is 5.85. The Hall–Kier alpha value is -3.39. The molecular formula is C24H17NO. The van der Waals surface area contributed by atoms with E-state index in [1.54, 1.807) is 6.07 Å². The number of hydrogen-bond donors (Lipinski definition) is 1. The van der Waals surface area contributed by atoms with Crippen LogP contribution in [-0.4, -0.2) is 10.1 Å². The summed E-state index contributed by atoms with van der Waals surface area (Å²) < 4.78 is 0. The van der Waals surface area contributed by atoms with Crippen molar-refractivity contribution in [3.05, 3.63) is 102 Å². The van der Waals surface area contributed by atoms with E-state index in [2.05, 4.69) is 65.7 Å². The summed E-state index contributed by atoms with van der Waals surface area (Å²) in [6.45, 7) is 0. The van der Waals surface area contributed by atoms with E-state index in [-0.39, 0.29) is 11.7 Å². The van der Waals surface area contributed by atoms with Gasteiger partial charge in [-0.25, -0.2) is 4.98 Å². The molecule has 0 aliphatic heterocycles. The van der Waals surface area contributed by atoms with Crippen LogP contribution in [0.2, 0.25) is 0 Å². The molecule has 0 radical (unpaired) electrons. The molecule has 1 aliphatic rings. The Labute approximate surface area is 152 Å². The predicted octanol–water partition coefficient (Wildman–Crippen LogP) is 5.77. The zero-order valence-corrected chi connectivity index (χ0v) is 14.1. The van der Waals surface area contributed by atoms with Gasteiger partial charge >= 0.3 is 0 Å². The lowest BCUT2D eigenvalue weighted by molar-refractivity contribution is 0.480. The van der Waals surface area contributed by atoms with Crippen molar-refractivity contribution in [2.24, 2.45) is 0 Å². The summed E-state index contributed by atoms with van der Waals surface area (Å²) in [6.07, 6.45) is 4.26. The lowest BCUT2D eigenvalue weighted by Crippen LogP contribution is -1.92. The molecule has 0 spiro atoms. The maximum absolute atomic E-state index is 10.0. The minimum atomic E-state index is 0.217. The summed E-state index contributed by atoms with van der Waals surface area (Å²) in [7, 11) is 0. The summed E-state index contributed by atoms with van der Waals surface area (Å²) in [5.74, 6) is 0.443. The van der Waals surface area contributed by atoms with Crippen LogP contribution in [0.1, 0.15) is 22.7 Å². The van der Waals surface area contributed by atoms with Gasteiger partial charge in [-0.1, -0.05) is 72.8 Å². The third-order valence-corrected chi connectivity index (χ3v) is 5.06. The minimum Gasteiger partial charge on any atom is -0.506 e. The Kier molecular flexibility index (Phi) is 3.36. The van der Waals surface area contributed by atoms with Crippen LogP contribution in [0.3, 0.4) is 0 Å². The van der Waals surface area contributed by atoms with E-state index < -0.39 is 0 Å². The second-order valence-electron chi connectivity index (χ2n) is 6.60. The van der Waals surface area contributed by atoms with Crippen molar-refractivity contribution in [3.8, 4) is 16.9 Å². The molecule has 0 saturated carbocycles. The van der Waals surface area contributed by atoms with Gasteiger partial charge in [0.1, 0.15) is 11.3 Å². The van der Waals surface area contributed by atoms with Gasteiger partial charge in [0.05, 0.1) is 5.69 Å². The number of pyridine rings is 1. The van der Waals surface area contributed by atoms with E-state index in [9.17, 15) is 5.11 Å². The van der Waals surface area contributed by atoms with E-state index in [1.165, 1.54) is 22.3 Å². The smallest absolute Gasteiger partial charge is 0.141 e. The normalized spacial score (nSPS) is 13.2. The van der Waals surface area contributed by atoms with Crippen molar-refractivity contribution >= 4 is 17.0 Å². The van der Waals surface area contributed by atoms with Gasteiger partial charge in [0.2, 0.25) is 0 Å². The van der Waals surface area contributed by atoms with Gasteiger partial charge in [-0.2, -0.15) is 0 Å². The second kappa shape index (κ2) is 5.85. The van der Waals surface area contributed by atoms with E-state index in [0.29, 0.717) is 5.52 Å². The highest BCUT2D eigenvalue weighted by Crippen LogP contribution is 2.45. The summed E-state index contributed by atoms with van der Waals surface area (Å²) >= 11 is 0. The number of hydrogen-bond acceptors (Lipinski definition) is 2. The molecule has 0 fully saturated rings. The molecule has 4 aromatic rings. The number of aromatic hydroxyl groups is 1. The van der Waals surface area contributed by atoms with Crippen LogP contribution < -0.4 is 0 Å². The number of nitrogens with zero attached hydrogens (tertiary/aromatic N) is 1. The summed E-state index contributed by atoms with van der Waals surface area (Å²) in [4.78, 5) is 4.61. The first-order chi connectivity index (χ1) is 12.8. The maximum atomic E-state index is 10.0. The van der Waals surface area contributed by atoms with Crippen LogP contribution in [0.5, 0.6) is 5.75 Å². The van der Waals surface area contributed by atoms with Gasteiger partial charge < -0.3 is 5.11 Å². The molecule has 2 nitrogen and oxygen atoms in total. The van der Waals surface area contributed by atoms with Crippen molar-refractivity contribution < 1.29 is 5.11 Å².